The summed E-state index contributed by atoms with van der Waals surface area (Å²) < 4.78 is 12.8. The third kappa shape index (κ3) is 1.74. The van der Waals surface area contributed by atoms with Gasteiger partial charge in [-0.25, -0.2) is 4.39 Å². The number of hydrogen-bond acceptors (Lipinski definition) is 1. The summed E-state index contributed by atoms with van der Waals surface area (Å²) in [5.74, 6) is 0.801. The van der Waals surface area contributed by atoms with Crippen LogP contribution in [0, 0.1) is 5.82 Å². The average Bonchev–Trinajstić information content (AvgIpc) is 1.94. The molecule has 0 nitrogen and oxygen atoms in total. The van der Waals surface area contributed by atoms with Crippen LogP contribution in [0.15, 0.2) is 29.2 Å². The average molecular weight is 156 g/mol. The van der Waals surface area contributed by atoms with Crippen molar-refractivity contribution in [2.45, 2.75) is 11.8 Å². The quantitative estimate of drug-likeness (QED) is 0.593. The first-order chi connectivity index (χ1) is 4.84. The van der Waals surface area contributed by atoms with Crippen molar-refractivity contribution in [2.75, 3.05) is 5.75 Å². The fourth-order valence-corrected chi connectivity index (χ4v) is 1.41. The van der Waals surface area contributed by atoms with Gasteiger partial charge in [0.15, 0.2) is 0 Å². The smallest absolute Gasteiger partial charge is 0.136 e. The van der Waals surface area contributed by atoms with Crippen LogP contribution in [-0.2, 0) is 0 Å². The maximum atomic E-state index is 12.8. The zero-order valence-corrected chi connectivity index (χ0v) is 6.62. The first kappa shape index (κ1) is 7.61. The molecule has 0 aromatic heterocycles. The molecular weight excluding hydrogens is 147 g/mol. The van der Waals surface area contributed by atoms with Crippen LogP contribution in [-0.4, -0.2) is 5.75 Å². The van der Waals surface area contributed by atoms with Gasteiger partial charge in [0.25, 0.3) is 0 Å². The van der Waals surface area contributed by atoms with Gasteiger partial charge in [-0.15, -0.1) is 11.8 Å². The predicted octanol–water partition coefficient (Wildman–Crippen LogP) is 2.94. The lowest BCUT2D eigenvalue weighted by Gasteiger charge is -1.97. The number of rotatable bonds is 2. The molecule has 0 radical (unpaired) electrons. The van der Waals surface area contributed by atoms with E-state index < -0.39 is 0 Å². The third-order valence-electron chi connectivity index (χ3n) is 1.14. The molecule has 54 valence electrons. The first-order valence-electron chi connectivity index (χ1n) is 3.22. The Morgan fingerprint density at radius 1 is 1.40 bits per heavy atom. The normalized spacial score (nSPS) is 9.80. The molecule has 0 aliphatic carbocycles. The minimum atomic E-state index is -0.116. The summed E-state index contributed by atoms with van der Waals surface area (Å²) in [6.07, 6.45) is 0. The fraction of sp³-hybridized carbons (Fsp3) is 0.250. The molecule has 10 heavy (non-hydrogen) atoms. The fourth-order valence-electron chi connectivity index (χ4n) is 0.717. The van der Waals surface area contributed by atoms with Crippen molar-refractivity contribution in [2.24, 2.45) is 0 Å². The van der Waals surface area contributed by atoms with Gasteiger partial charge in [0.05, 0.1) is 0 Å². The van der Waals surface area contributed by atoms with E-state index in [2.05, 4.69) is 0 Å². The van der Waals surface area contributed by atoms with Gasteiger partial charge >= 0.3 is 0 Å². The van der Waals surface area contributed by atoms with Crippen molar-refractivity contribution in [3.8, 4) is 0 Å². The standard InChI is InChI=1S/C8H9FS/c1-2-10-8-6-4-3-5-7(8)9/h3-6H,2H2,1H3. The minimum absolute atomic E-state index is 0.116. The second-order valence-electron chi connectivity index (χ2n) is 1.86. The van der Waals surface area contributed by atoms with Crippen molar-refractivity contribution >= 4 is 11.8 Å². The lowest BCUT2D eigenvalue weighted by molar-refractivity contribution is 0.602. The van der Waals surface area contributed by atoms with Crippen molar-refractivity contribution in [1.82, 2.24) is 0 Å². The van der Waals surface area contributed by atoms with Crippen molar-refractivity contribution < 1.29 is 4.39 Å². The van der Waals surface area contributed by atoms with Gasteiger partial charge in [0.2, 0.25) is 0 Å². The van der Waals surface area contributed by atoms with Crippen molar-refractivity contribution in [1.29, 1.82) is 0 Å². The Morgan fingerprint density at radius 2 is 2.10 bits per heavy atom. The van der Waals surface area contributed by atoms with Gasteiger partial charge in [-0.05, 0) is 17.9 Å². The largest absolute Gasteiger partial charge is 0.206 e. The van der Waals surface area contributed by atoms with Crippen LogP contribution in [0.1, 0.15) is 6.92 Å². The van der Waals surface area contributed by atoms with Gasteiger partial charge < -0.3 is 0 Å². The SMILES string of the molecule is CCSc1ccccc1F. The Labute approximate surface area is 64.4 Å². The highest BCUT2D eigenvalue weighted by Crippen LogP contribution is 2.19. The first-order valence-corrected chi connectivity index (χ1v) is 4.20. The molecule has 0 bridgehead atoms. The number of benzene rings is 1. The summed E-state index contributed by atoms with van der Waals surface area (Å²) in [6.45, 7) is 2.01. The van der Waals surface area contributed by atoms with Crippen LogP contribution in [0.2, 0.25) is 0 Å². The molecule has 1 aromatic carbocycles. The Balaban J connectivity index is 2.81. The van der Waals surface area contributed by atoms with E-state index in [0.29, 0.717) is 0 Å². The van der Waals surface area contributed by atoms with E-state index in [1.54, 1.807) is 12.1 Å². The van der Waals surface area contributed by atoms with Crippen LogP contribution < -0.4 is 0 Å². The topological polar surface area (TPSA) is 0 Å². The molecule has 0 unspecified atom stereocenters. The van der Waals surface area contributed by atoms with E-state index >= 15 is 0 Å². The van der Waals surface area contributed by atoms with E-state index in [4.69, 9.17) is 0 Å². The van der Waals surface area contributed by atoms with Gasteiger partial charge in [0, 0.05) is 4.90 Å². The van der Waals surface area contributed by atoms with Crippen molar-refractivity contribution in [3.05, 3.63) is 30.1 Å². The predicted molar refractivity (Wildman–Crippen MR) is 42.8 cm³/mol. The highest BCUT2D eigenvalue weighted by molar-refractivity contribution is 7.99. The summed E-state index contributed by atoms with van der Waals surface area (Å²) in [5.41, 5.74) is 0. The highest BCUT2D eigenvalue weighted by Gasteiger charge is 1.97. The molecule has 0 amide bonds. The lowest BCUT2D eigenvalue weighted by atomic mass is 10.3. The zero-order chi connectivity index (χ0) is 7.40. The number of thioether (sulfide) groups is 1. The Hall–Kier alpha value is -0.500. The van der Waals surface area contributed by atoms with E-state index in [1.165, 1.54) is 17.8 Å². The van der Waals surface area contributed by atoms with Crippen LogP contribution >= 0.6 is 11.8 Å². The Morgan fingerprint density at radius 3 is 2.70 bits per heavy atom. The van der Waals surface area contributed by atoms with Gasteiger partial charge in [0.1, 0.15) is 5.82 Å². The van der Waals surface area contributed by atoms with Crippen LogP contribution in [0.4, 0.5) is 4.39 Å². The molecule has 0 atom stereocenters. The van der Waals surface area contributed by atoms with E-state index in [9.17, 15) is 4.39 Å². The number of hydrogen-bond donors (Lipinski definition) is 0. The second kappa shape index (κ2) is 3.62. The molecule has 0 N–H and O–H groups in total. The molecule has 0 saturated carbocycles. The molecule has 0 aliphatic heterocycles. The number of halogens is 1. The third-order valence-corrected chi connectivity index (χ3v) is 2.07. The van der Waals surface area contributed by atoms with E-state index in [1.807, 2.05) is 13.0 Å². The molecule has 0 aliphatic rings. The van der Waals surface area contributed by atoms with E-state index in [-0.39, 0.29) is 5.82 Å². The molecule has 0 spiro atoms. The van der Waals surface area contributed by atoms with Crippen LogP contribution in [0.5, 0.6) is 0 Å². The lowest BCUT2D eigenvalue weighted by Crippen LogP contribution is -1.78. The molecule has 0 heterocycles. The Kier molecular flexibility index (Phi) is 2.75. The second-order valence-corrected chi connectivity index (χ2v) is 3.17. The van der Waals surface area contributed by atoms with Crippen molar-refractivity contribution in [3.63, 3.8) is 0 Å². The zero-order valence-electron chi connectivity index (χ0n) is 5.80. The summed E-state index contributed by atoms with van der Waals surface area (Å²) in [4.78, 5) is 0.741. The highest BCUT2D eigenvalue weighted by atomic mass is 32.2. The maximum Gasteiger partial charge on any atom is 0.136 e. The molecule has 2 heteroatoms. The molecule has 0 fully saturated rings. The summed E-state index contributed by atoms with van der Waals surface area (Å²) in [5, 5.41) is 0. The Bertz CT molecular complexity index is 210. The summed E-state index contributed by atoms with van der Waals surface area (Å²) in [6, 6.07) is 6.83. The summed E-state index contributed by atoms with van der Waals surface area (Å²) in [7, 11) is 0. The molecule has 1 rings (SSSR count). The molecular formula is C8H9FS. The molecule has 0 saturated heterocycles. The summed E-state index contributed by atoms with van der Waals surface area (Å²) >= 11 is 1.53. The maximum absolute atomic E-state index is 12.8. The van der Waals surface area contributed by atoms with Gasteiger partial charge in [-0.1, -0.05) is 19.1 Å². The van der Waals surface area contributed by atoms with Crippen LogP contribution in [0.25, 0.3) is 0 Å². The van der Waals surface area contributed by atoms with Crippen LogP contribution in [0.3, 0.4) is 0 Å². The minimum Gasteiger partial charge on any atom is -0.206 e. The van der Waals surface area contributed by atoms with E-state index in [0.717, 1.165) is 10.6 Å². The van der Waals surface area contributed by atoms with Gasteiger partial charge in [-0.2, -0.15) is 0 Å². The molecule has 1 aromatic rings. The monoisotopic (exact) mass is 156 g/mol. The van der Waals surface area contributed by atoms with Gasteiger partial charge in [-0.3, -0.25) is 0 Å².